The molecule has 6 heteroatoms. The molecule has 1 aromatic carbocycles. The molecule has 110 valence electrons. The fraction of sp³-hybridized carbons (Fsp3) is 0.200. The van der Waals surface area contributed by atoms with Gasteiger partial charge in [-0.3, -0.25) is 0 Å². The molecule has 1 aromatic heterocycles. The number of anilines is 1. The molecular formula is C15H15ClN2O3. The number of pyridine rings is 1. The number of carbonyl (C=O) groups is 1. The number of benzene rings is 1. The summed E-state index contributed by atoms with van der Waals surface area (Å²) in [5.74, 6) is 0.103. The predicted molar refractivity (Wildman–Crippen MR) is 81.3 cm³/mol. The van der Waals surface area contributed by atoms with Crippen LogP contribution in [0.3, 0.4) is 0 Å². The van der Waals surface area contributed by atoms with Gasteiger partial charge in [-0.2, -0.15) is 0 Å². The first-order valence-corrected chi connectivity index (χ1v) is 6.63. The van der Waals surface area contributed by atoms with Crippen molar-refractivity contribution in [2.24, 2.45) is 0 Å². The number of hydrogen-bond donors (Lipinski definition) is 1. The minimum Gasteiger partial charge on any atom is -0.496 e. The van der Waals surface area contributed by atoms with Crippen molar-refractivity contribution < 1.29 is 14.6 Å². The highest BCUT2D eigenvalue weighted by molar-refractivity contribution is 6.35. The summed E-state index contributed by atoms with van der Waals surface area (Å²) in [5.41, 5.74) is 0.995. The second kappa shape index (κ2) is 6.45. The van der Waals surface area contributed by atoms with E-state index >= 15 is 0 Å². The molecule has 0 fully saturated rings. The highest BCUT2D eigenvalue weighted by atomic mass is 35.5. The molecule has 21 heavy (non-hydrogen) atoms. The van der Waals surface area contributed by atoms with E-state index in [0.29, 0.717) is 12.4 Å². The van der Waals surface area contributed by atoms with E-state index in [1.165, 1.54) is 12.3 Å². The lowest BCUT2D eigenvalue weighted by atomic mass is 10.2. The van der Waals surface area contributed by atoms with Crippen LogP contribution in [0.5, 0.6) is 5.75 Å². The van der Waals surface area contributed by atoms with Gasteiger partial charge in [-0.1, -0.05) is 29.8 Å². The summed E-state index contributed by atoms with van der Waals surface area (Å²) in [6, 6.07) is 8.98. The largest absolute Gasteiger partial charge is 0.496 e. The first-order valence-electron chi connectivity index (χ1n) is 6.25. The van der Waals surface area contributed by atoms with Gasteiger partial charge in [0.2, 0.25) is 0 Å². The number of halogens is 1. The van der Waals surface area contributed by atoms with E-state index < -0.39 is 5.97 Å². The van der Waals surface area contributed by atoms with Crippen LogP contribution in [0.25, 0.3) is 0 Å². The number of hydrogen-bond acceptors (Lipinski definition) is 4. The highest BCUT2D eigenvalue weighted by Crippen LogP contribution is 2.28. The zero-order valence-corrected chi connectivity index (χ0v) is 12.5. The Kier molecular flexibility index (Phi) is 4.65. The van der Waals surface area contributed by atoms with Gasteiger partial charge in [0.15, 0.2) is 0 Å². The summed E-state index contributed by atoms with van der Waals surface area (Å²) in [5, 5.41) is 9.22. The number of aromatic carboxylic acids is 1. The van der Waals surface area contributed by atoms with Gasteiger partial charge >= 0.3 is 5.97 Å². The van der Waals surface area contributed by atoms with Crippen molar-refractivity contribution in [2.45, 2.75) is 6.54 Å². The number of aromatic nitrogens is 1. The Bertz CT molecular complexity index is 661. The average molecular weight is 307 g/mol. The number of para-hydroxylation sites is 1. The van der Waals surface area contributed by atoms with Crippen molar-refractivity contribution in [1.82, 2.24) is 4.98 Å². The molecule has 1 heterocycles. The molecule has 0 bridgehead atoms. The van der Waals surface area contributed by atoms with Crippen LogP contribution in [-0.4, -0.2) is 30.2 Å². The van der Waals surface area contributed by atoms with Crippen molar-refractivity contribution in [3.05, 3.63) is 52.7 Å². The zero-order chi connectivity index (χ0) is 15.4. The first-order chi connectivity index (χ1) is 10.0. The molecule has 0 aliphatic rings. The van der Waals surface area contributed by atoms with E-state index in [9.17, 15) is 4.79 Å². The van der Waals surface area contributed by atoms with Gasteiger partial charge in [-0.25, -0.2) is 9.78 Å². The molecular weight excluding hydrogens is 292 g/mol. The van der Waals surface area contributed by atoms with Gasteiger partial charge < -0.3 is 14.7 Å². The molecule has 1 N–H and O–H groups in total. The van der Waals surface area contributed by atoms with Crippen LogP contribution in [-0.2, 0) is 6.54 Å². The number of ether oxygens (including phenoxy) is 1. The molecule has 2 rings (SSSR count). The fourth-order valence-electron chi connectivity index (χ4n) is 2.03. The van der Waals surface area contributed by atoms with Gasteiger partial charge in [0.1, 0.15) is 11.6 Å². The summed E-state index contributed by atoms with van der Waals surface area (Å²) in [4.78, 5) is 17.1. The van der Waals surface area contributed by atoms with Gasteiger partial charge in [0.25, 0.3) is 0 Å². The van der Waals surface area contributed by atoms with Crippen molar-refractivity contribution in [3.63, 3.8) is 0 Å². The molecule has 0 radical (unpaired) electrons. The van der Waals surface area contributed by atoms with E-state index in [2.05, 4.69) is 4.98 Å². The van der Waals surface area contributed by atoms with Gasteiger partial charge in [-0.15, -0.1) is 0 Å². The molecule has 2 aromatic rings. The van der Waals surface area contributed by atoms with Gasteiger partial charge in [0.05, 0.1) is 17.7 Å². The number of carboxylic acid groups (broad SMARTS) is 1. The second-order valence-corrected chi connectivity index (χ2v) is 4.85. The summed E-state index contributed by atoms with van der Waals surface area (Å²) in [6.07, 6.45) is 1.43. The Morgan fingerprint density at radius 1 is 1.38 bits per heavy atom. The second-order valence-electron chi connectivity index (χ2n) is 4.47. The van der Waals surface area contributed by atoms with E-state index in [-0.39, 0.29) is 10.6 Å². The minimum absolute atomic E-state index is 0.0357. The third kappa shape index (κ3) is 3.25. The lowest BCUT2D eigenvalue weighted by Crippen LogP contribution is -2.19. The molecule has 0 spiro atoms. The van der Waals surface area contributed by atoms with Gasteiger partial charge in [0, 0.05) is 25.4 Å². The standard InChI is InChI=1S/C15H15ClN2O3/c1-18(9-10-5-3-4-6-12(10)21-2)14-13(16)11(15(19)20)7-8-17-14/h3-8H,9H2,1-2H3,(H,19,20). The van der Waals surface area contributed by atoms with Crippen LogP contribution in [0.2, 0.25) is 5.02 Å². The SMILES string of the molecule is COc1ccccc1CN(C)c1nccc(C(=O)O)c1Cl. The fourth-order valence-corrected chi connectivity index (χ4v) is 2.36. The molecule has 0 saturated carbocycles. The Morgan fingerprint density at radius 3 is 2.76 bits per heavy atom. The number of nitrogens with zero attached hydrogens (tertiary/aromatic N) is 2. The van der Waals surface area contributed by atoms with Crippen LogP contribution in [0.1, 0.15) is 15.9 Å². The lowest BCUT2D eigenvalue weighted by Gasteiger charge is -2.21. The smallest absolute Gasteiger partial charge is 0.337 e. The zero-order valence-electron chi connectivity index (χ0n) is 11.7. The predicted octanol–water partition coefficient (Wildman–Crippen LogP) is 3.08. The first kappa shape index (κ1) is 15.1. The molecule has 0 aliphatic carbocycles. The lowest BCUT2D eigenvalue weighted by molar-refractivity contribution is 0.0697. The maximum atomic E-state index is 11.1. The van der Waals surface area contributed by atoms with Crippen LogP contribution in [0, 0.1) is 0 Å². The molecule has 0 amide bonds. The Labute approximate surface area is 127 Å². The van der Waals surface area contributed by atoms with E-state index in [1.807, 2.05) is 24.3 Å². The average Bonchev–Trinajstić information content (AvgIpc) is 2.47. The third-order valence-electron chi connectivity index (χ3n) is 3.06. The van der Waals surface area contributed by atoms with Crippen molar-refractivity contribution in [2.75, 3.05) is 19.1 Å². The number of carboxylic acids is 1. The molecule has 0 unspecified atom stereocenters. The van der Waals surface area contributed by atoms with Crippen LogP contribution in [0.4, 0.5) is 5.82 Å². The van der Waals surface area contributed by atoms with Crippen molar-refractivity contribution in [3.8, 4) is 5.75 Å². The highest BCUT2D eigenvalue weighted by Gasteiger charge is 2.17. The Morgan fingerprint density at radius 2 is 2.10 bits per heavy atom. The molecule has 0 saturated heterocycles. The molecule has 5 nitrogen and oxygen atoms in total. The van der Waals surface area contributed by atoms with E-state index in [1.54, 1.807) is 19.1 Å². The van der Waals surface area contributed by atoms with E-state index in [0.717, 1.165) is 11.3 Å². The topological polar surface area (TPSA) is 62.7 Å². The third-order valence-corrected chi connectivity index (χ3v) is 3.44. The maximum Gasteiger partial charge on any atom is 0.337 e. The maximum absolute atomic E-state index is 11.1. The quantitative estimate of drug-likeness (QED) is 0.919. The minimum atomic E-state index is -1.07. The van der Waals surface area contributed by atoms with Crippen LogP contribution >= 0.6 is 11.6 Å². The molecule has 0 aliphatic heterocycles. The summed E-state index contributed by atoms with van der Waals surface area (Å²) in [7, 11) is 3.40. The van der Waals surface area contributed by atoms with E-state index in [4.69, 9.17) is 21.4 Å². The number of rotatable bonds is 5. The molecule has 0 atom stereocenters. The van der Waals surface area contributed by atoms with Crippen molar-refractivity contribution in [1.29, 1.82) is 0 Å². The Balaban J connectivity index is 2.31. The summed E-state index contributed by atoms with van der Waals surface area (Å²) in [6.45, 7) is 0.500. The monoisotopic (exact) mass is 306 g/mol. The van der Waals surface area contributed by atoms with Crippen molar-refractivity contribution >= 4 is 23.4 Å². The van der Waals surface area contributed by atoms with Gasteiger partial charge in [-0.05, 0) is 12.1 Å². The Hall–Kier alpha value is -2.27. The summed E-state index contributed by atoms with van der Waals surface area (Å²) < 4.78 is 5.30. The van der Waals surface area contributed by atoms with Crippen LogP contribution in [0.15, 0.2) is 36.5 Å². The number of methoxy groups -OCH3 is 1. The normalized spacial score (nSPS) is 10.2. The summed E-state index contributed by atoms with van der Waals surface area (Å²) >= 11 is 6.12. The van der Waals surface area contributed by atoms with Crippen LogP contribution < -0.4 is 9.64 Å².